The predicted octanol–water partition coefficient (Wildman–Crippen LogP) is 2.66. The Bertz CT molecular complexity index is 690. The number of hydrogen-bond donors (Lipinski definition) is 0. The Labute approximate surface area is 154 Å². The molecule has 1 saturated heterocycles. The van der Waals surface area contributed by atoms with Crippen LogP contribution in [-0.4, -0.2) is 60.0 Å². The third-order valence-corrected chi connectivity index (χ3v) is 4.52. The van der Waals surface area contributed by atoms with Gasteiger partial charge < -0.3 is 19.1 Å². The van der Waals surface area contributed by atoms with Crippen LogP contribution in [-0.2, 0) is 0 Å². The lowest BCUT2D eigenvalue weighted by molar-refractivity contribution is 0.0714. The molecule has 0 N–H and O–H groups in total. The first-order chi connectivity index (χ1) is 12.7. The molecule has 0 unspecified atom stereocenters. The van der Waals surface area contributed by atoms with Crippen molar-refractivity contribution in [3.05, 3.63) is 36.4 Å². The number of furan rings is 1. The molecule has 0 saturated carbocycles. The SMILES string of the molecule is CCCN(CCC)c1ccnc(N2CCN(C(=O)c3ccco3)CC2)n1. The van der Waals surface area contributed by atoms with Crippen molar-refractivity contribution in [2.75, 3.05) is 49.1 Å². The van der Waals surface area contributed by atoms with Gasteiger partial charge in [0.15, 0.2) is 5.76 Å². The standard InChI is InChI=1S/C19H27N5O2/c1-3-9-22(10-4-2)17-7-8-20-19(21-17)24-13-11-23(12-14-24)18(25)16-6-5-15-26-16/h5-8,15H,3-4,9-14H2,1-2H3. The molecule has 7 nitrogen and oxygen atoms in total. The first kappa shape index (κ1) is 18.2. The lowest BCUT2D eigenvalue weighted by Gasteiger charge is -2.34. The summed E-state index contributed by atoms with van der Waals surface area (Å²) in [6, 6.07) is 5.42. The number of rotatable bonds is 7. The van der Waals surface area contributed by atoms with E-state index in [2.05, 4.69) is 28.6 Å². The Balaban J connectivity index is 1.64. The van der Waals surface area contributed by atoms with E-state index in [1.807, 2.05) is 17.2 Å². The van der Waals surface area contributed by atoms with Gasteiger partial charge in [0.1, 0.15) is 5.82 Å². The number of amides is 1. The summed E-state index contributed by atoms with van der Waals surface area (Å²) < 4.78 is 5.21. The summed E-state index contributed by atoms with van der Waals surface area (Å²) in [6.07, 6.45) is 5.54. The van der Waals surface area contributed by atoms with E-state index < -0.39 is 0 Å². The summed E-state index contributed by atoms with van der Waals surface area (Å²) in [4.78, 5) is 27.9. The second kappa shape index (κ2) is 8.69. The Kier molecular flexibility index (Phi) is 6.09. The average Bonchev–Trinajstić information content (AvgIpc) is 3.22. The van der Waals surface area contributed by atoms with Crippen LogP contribution in [0.25, 0.3) is 0 Å². The van der Waals surface area contributed by atoms with E-state index in [1.165, 1.54) is 6.26 Å². The summed E-state index contributed by atoms with van der Waals surface area (Å²) in [5.41, 5.74) is 0. The average molecular weight is 357 g/mol. The minimum Gasteiger partial charge on any atom is -0.459 e. The van der Waals surface area contributed by atoms with E-state index >= 15 is 0 Å². The van der Waals surface area contributed by atoms with Gasteiger partial charge in [0.05, 0.1) is 6.26 Å². The van der Waals surface area contributed by atoms with Crippen LogP contribution in [0.5, 0.6) is 0 Å². The molecule has 1 aliphatic rings. The number of nitrogens with zero attached hydrogens (tertiary/aromatic N) is 5. The molecule has 1 amide bonds. The molecule has 26 heavy (non-hydrogen) atoms. The number of piperazine rings is 1. The van der Waals surface area contributed by atoms with Crippen molar-refractivity contribution in [2.45, 2.75) is 26.7 Å². The van der Waals surface area contributed by atoms with Gasteiger partial charge in [-0.25, -0.2) is 4.98 Å². The fourth-order valence-corrected chi connectivity index (χ4v) is 3.21. The van der Waals surface area contributed by atoms with Gasteiger partial charge in [-0.2, -0.15) is 4.98 Å². The van der Waals surface area contributed by atoms with Crippen LogP contribution in [0.1, 0.15) is 37.2 Å². The van der Waals surface area contributed by atoms with Crippen molar-refractivity contribution >= 4 is 17.7 Å². The molecule has 140 valence electrons. The van der Waals surface area contributed by atoms with Crippen molar-refractivity contribution < 1.29 is 9.21 Å². The minimum atomic E-state index is -0.0543. The van der Waals surface area contributed by atoms with Crippen LogP contribution < -0.4 is 9.80 Å². The molecule has 2 aromatic heterocycles. The van der Waals surface area contributed by atoms with Gasteiger partial charge in [-0.3, -0.25) is 4.79 Å². The van der Waals surface area contributed by atoms with Crippen LogP contribution in [0.2, 0.25) is 0 Å². The summed E-state index contributed by atoms with van der Waals surface area (Å²) in [6.45, 7) is 9.07. The van der Waals surface area contributed by atoms with Gasteiger partial charge in [-0.05, 0) is 31.0 Å². The lowest BCUT2D eigenvalue weighted by Crippen LogP contribution is -2.49. The number of hydrogen-bond acceptors (Lipinski definition) is 6. The third-order valence-electron chi connectivity index (χ3n) is 4.52. The maximum atomic E-state index is 12.4. The molecule has 0 atom stereocenters. The fourth-order valence-electron chi connectivity index (χ4n) is 3.21. The molecule has 1 aliphatic heterocycles. The van der Waals surface area contributed by atoms with Crippen LogP contribution >= 0.6 is 0 Å². The number of carbonyl (C=O) groups is 1. The Morgan fingerprint density at radius 2 is 1.88 bits per heavy atom. The molecule has 7 heteroatoms. The van der Waals surface area contributed by atoms with E-state index in [9.17, 15) is 4.79 Å². The molecule has 1 fully saturated rings. The Morgan fingerprint density at radius 3 is 2.50 bits per heavy atom. The van der Waals surface area contributed by atoms with E-state index in [4.69, 9.17) is 9.40 Å². The third kappa shape index (κ3) is 4.15. The van der Waals surface area contributed by atoms with Crippen molar-refractivity contribution in [3.8, 4) is 0 Å². The number of aromatic nitrogens is 2. The van der Waals surface area contributed by atoms with Gasteiger partial charge in [0.2, 0.25) is 5.95 Å². The largest absolute Gasteiger partial charge is 0.459 e. The molecule has 0 bridgehead atoms. The number of carbonyl (C=O) groups excluding carboxylic acids is 1. The van der Waals surface area contributed by atoms with Gasteiger partial charge in [-0.15, -0.1) is 0 Å². The van der Waals surface area contributed by atoms with Crippen LogP contribution in [0.3, 0.4) is 0 Å². The molecule has 0 aliphatic carbocycles. The van der Waals surface area contributed by atoms with Crippen LogP contribution in [0.4, 0.5) is 11.8 Å². The zero-order valence-corrected chi connectivity index (χ0v) is 15.6. The molecular weight excluding hydrogens is 330 g/mol. The Hall–Kier alpha value is -2.57. The first-order valence-corrected chi connectivity index (χ1v) is 9.38. The zero-order chi connectivity index (χ0) is 18.4. The molecule has 2 aromatic rings. The van der Waals surface area contributed by atoms with E-state index in [0.29, 0.717) is 18.8 Å². The second-order valence-electron chi connectivity index (χ2n) is 6.46. The van der Waals surface area contributed by atoms with Crippen molar-refractivity contribution in [2.24, 2.45) is 0 Å². The number of anilines is 2. The van der Waals surface area contributed by atoms with E-state index in [-0.39, 0.29) is 5.91 Å². The zero-order valence-electron chi connectivity index (χ0n) is 15.6. The normalized spacial score (nSPS) is 14.5. The highest BCUT2D eigenvalue weighted by molar-refractivity contribution is 5.91. The smallest absolute Gasteiger partial charge is 0.289 e. The summed E-state index contributed by atoms with van der Waals surface area (Å²) in [5, 5.41) is 0. The second-order valence-corrected chi connectivity index (χ2v) is 6.46. The van der Waals surface area contributed by atoms with Crippen molar-refractivity contribution in [3.63, 3.8) is 0 Å². The molecule has 0 aromatic carbocycles. The quantitative estimate of drug-likeness (QED) is 0.759. The van der Waals surface area contributed by atoms with Crippen LogP contribution in [0.15, 0.2) is 35.1 Å². The summed E-state index contributed by atoms with van der Waals surface area (Å²) in [5.74, 6) is 2.06. The van der Waals surface area contributed by atoms with E-state index in [0.717, 1.165) is 50.8 Å². The maximum absolute atomic E-state index is 12.4. The fraction of sp³-hybridized carbons (Fsp3) is 0.526. The van der Waals surface area contributed by atoms with Gasteiger partial charge >= 0.3 is 0 Å². The van der Waals surface area contributed by atoms with Gasteiger partial charge in [0.25, 0.3) is 5.91 Å². The highest BCUT2D eigenvalue weighted by Gasteiger charge is 2.25. The minimum absolute atomic E-state index is 0.0543. The van der Waals surface area contributed by atoms with Gasteiger partial charge in [-0.1, -0.05) is 13.8 Å². The van der Waals surface area contributed by atoms with E-state index in [1.54, 1.807) is 12.1 Å². The topological polar surface area (TPSA) is 65.7 Å². The van der Waals surface area contributed by atoms with Crippen molar-refractivity contribution in [1.29, 1.82) is 0 Å². The highest BCUT2D eigenvalue weighted by atomic mass is 16.3. The molecule has 0 spiro atoms. The molecule has 3 rings (SSSR count). The molecular formula is C19H27N5O2. The Morgan fingerprint density at radius 1 is 1.15 bits per heavy atom. The maximum Gasteiger partial charge on any atom is 0.289 e. The highest BCUT2D eigenvalue weighted by Crippen LogP contribution is 2.18. The van der Waals surface area contributed by atoms with Crippen molar-refractivity contribution in [1.82, 2.24) is 14.9 Å². The molecule has 0 radical (unpaired) electrons. The monoisotopic (exact) mass is 357 g/mol. The van der Waals surface area contributed by atoms with Gasteiger partial charge in [0, 0.05) is 45.5 Å². The first-order valence-electron chi connectivity index (χ1n) is 9.38. The van der Waals surface area contributed by atoms with Crippen LogP contribution in [0, 0.1) is 0 Å². The summed E-state index contributed by atoms with van der Waals surface area (Å²) >= 11 is 0. The lowest BCUT2D eigenvalue weighted by atomic mass is 10.3. The summed E-state index contributed by atoms with van der Waals surface area (Å²) in [7, 11) is 0. The molecule has 3 heterocycles. The predicted molar refractivity (Wildman–Crippen MR) is 102 cm³/mol.